The van der Waals surface area contributed by atoms with Crippen LogP contribution in [0.15, 0.2) is 42.5 Å². The lowest BCUT2D eigenvalue weighted by Gasteiger charge is -2.11. The van der Waals surface area contributed by atoms with Gasteiger partial charge in [-0.2, -0.15) is 0 Å². The molecule has 7 heteroatoms. The highest BCUT2D eigenvalue weighted by atomic mass is 35.5. The first-order valence-corrected chi connectivity index (χ1v) is 8.25. The number of carbonyl (C=O) groups excluding carboxylic acids is 1. The standard InChI is InChI=1S/C18H19ClN2O4/c1-3-12(2)13-4-7-15(8-5-13)25-11-18(22)20-16-9-6-14(19)10-17(16)21(23)24/h4-10,12H,3,11H2,1-2H3,(H,20,22)/t12-/m0/s1. The number of nitrogens with one attached hydrogen (secondary N) is 1. The van der Waals surface area contributed by atoms with Crippen LogP contribution < -0.4 is 10.1 Å². The minimum Gasteiger partial charge on any atom is -0.484 e. The summed E-state index contributed by atoms with van der Waals surface area (Å²) >= 11 is 5.74. The Morgan fingerprint density at radius 1 is 1.28 bits per heavy atom. The number of nitro benzene ring substituents is 1. The summed E-state index contributed by atoms with van der Waals surface area (Å²) in [6.45, 7) is 4.01. The van der Waals surface area contributed by atoms with Gasteiger partial charge >= 0.3 is 0 Å². The molecule has 0 aliphatic rings. The number of ether oxygens (including phenoxy) is 1. The molecule has 0 aliphatic carbocycles. The Hall–Kier alpha value is -2.60. The zero-order valence-corrected chi connectivity index (χ0v) is 14.7. The van der Waals surface area contributed by atoms with Gasteiger partial charge in [0, 0.05) is 11.1 Å². The smallest absolute Gasteiger partial charge is 0.294 e. The molecule has 0 fully saturated rings. The molecule has 6 nitrogen and oxygen atoms in total. The minimum atomic E-state index is -0.601. The highest BCUT2D eigenvalue weighted by Crippen LogP contribution is 2.27. The Bertz CT molecular complexity index is 762. The zero-order chi connectivity index (χ0) is 18.4. The van der Waals surface area contributed by atoms with Gasteiger partial charge < -0.3 is 10.1 Å². The van der Waals surface area contributed by atoms with Crippen molar-refractivity contribution in [3.8, 4) is 5.75 Å². The van der Waals surface area contributed by atoms with E-state index in [9.17, 15) is 14.9 Å². The van der Waals surface area contributed by atoms with Gasteiger partial charge in [0.2, 0.25) is 0 Å². The third-order valence-corrected chi connectivity index (χ3v) is 4.10. The largest absolute Gasteiger partial charge is 0.484 e. The molecule has 2 rings (SSSR count). The topological polar surface area (TPSA) is 81.5 Å². The molecule has 0 aliphatic heterocycles. The molecule has 25 heavy (non-hydrogen) atoms. The summed E-state index contributed by atoms with van der Waals surface area (Å²) < 4.78 is 5.42. The molecular formula is C18H19ClN2O4. The Labute approximate surface area is 150 Å². The van der Waals surface area contributed by atoms with Gasteiger partial charge in [-0.15, -0.1) is 0 Å². The number of amides is 1. The molecule has 0 saturated carbocycles. The number of anilines is 1. The summed E-state index contributed by atoms with van der Waals surface area (Å²) in [6, 6.07) is 11.6. The first-order chi connectivity index (χ1) is 11.9. The summed E-state index contributed by atoms with van der Waals surface area (Å²) in [4.78, 5) is 22.4. The lowest BCUT2D eigenvalue weighted by molar-refractivity contribution is -0.383. The average molecular weight is 363 g/mol. The van der Waals surface area contributed by atoms with Gasteiger partial charge in [0.05, 0.1) is 4.92 Å². The summed E-state index contributed by atoms with van der Waals surface area (Å²) in [5.41, 5.74) is 1.02. The lowest BCUT2D eigenvalue weighted by atomic mass is 9.99. The van der Waals surface area contributed by atoms with E-state index in [4.69, 9.17) is 16.3 Å². The third kappa shape index (κ3) is 5.19. The van der Waals surface area contributed by atoms with Crippen LogP contribution in [-0.4, -0.2) is 17.4 Å². The van der Waals surface area contributed by atoms with Crippen LogP contribution in [-0.2, 0) is 4.79 Å². The SMILES string of the molecule is CC[C@H](C)c1ccc(OCC(=O)Nc2ccc(Cl)cc2[N+](=O)[O-])cc1. The number of carbonyl (C=O) groups is 1. The Morgan fingerprint density at radius 2 is 1.96 bits per heavy atom. The van der Waals surface area contributed by atoms with Gasteiger partial charge in [0.1, 0.15) is 11.4 Å². The average Bonchev–Trinajstić information content (AvgIpc) is 2.61. The number of halogens is 1. The molecular weight excluding hydrogens is 344 g/mol. The first-order valence-electron chi connectivity index (χ1n) is 7.87. The highest BCUT2D eigenvalue weighted by molar-refractivity contribution is 6.31. The van der Waals surface area contributed by atoms with Crippen LogP contribution in [0, 0.1) is 10.1 Å². The summed E-state index contributed by atoms with van der Waals surface area (Å²) in [7, 11) is 0. The van der Waals surface area contributed by atoms with Crippen molar-refractivity contribution in [1.29, 1.82) is 0 Å². The molecule has 0 spiro atoms. The molecule has 1 N–H and O–H groups in total. The van der Waals surface area contributed by atoms with Gasteiger partial charge in [-0.05, 0) is 42.2 Å². The Morgan fingerprint density at radius 3 is 2.56 bits per heavy atom. The molecule has 0 bridgehead atoms. The van der Waals surface area contributed by atoms with Crippen molar-refractivity contribution < 1.29 is 14.5 Å². The van der Waals surface area contributed by atoms with Crippen LogP contribution in [0.25, 0.3) is 0 Å². The maximum absolute atomic E-state index is 12.0. The van der Waals surface area contributed by atoms with Crippen LogP contribution in [0.2, 0.25) is 5.02 Å². The van der Waals surface area contributed by atoms with Crippen molar-refractivity contribution in [1.82, 2.24) is 0 Å². The summed E-state index contributed by atoms with van der Waals surface area (Å²) in [5, 5.41) is 13.7. The molecule has 2 aromatic rings. The fraction of sp³-hybridized carbons (Fsp3) is 0.278. The molecule has 0 aromatic heterocycles. The predicted molar refractivity (Wildman–Crippen MR) is 97.4 cm³/mol. The van der Waals surface area contributed by atoms with Gasteiger partial charge in [-0.3, -0.25) is 14.9 Å². The van der Waals surface area contributed by atoms with E-state index in [1.165, 1.54) is 23.8 Å². The molecule has 0 radical (unpaired) electrons. The van der Waals surface area contributed by atoms with Crippen LogP contribution in [0.1, 0.15) is 31.7 Å². The Kier molecular flexibility index (Phi) is 6.36. The maximum atomic E-state index is 12.0. The quantitative estimate of drug-likeness (QED) is 0.567. The van der Waals surface area contributed by atoms with Crippen molar-refractivity contribution in [3.63, 3.8) is 0 Å². The monoisotopic (exact) mass is 362 g/mol. The van der Waals surface area contributed by atoms with Gasteiger partial charge in [-0.25, -0.2) is 0 Å². The fourth-order valence-electron chi connectivity index (χ4n) is 2.23. The lowest BCUT2D eigenvalue weighted by Crippen LogP contribution is -2.20. The summed E-state index contributed by atoms with van der Waals surface area (Å²) in [6.07, 6.45) is 1.04. The number of hydrogen-bond acceptors (Lipinski definition) is 4. The van der Waals surface area contributed by atoms with Crippen molar-refractivity contribution in [2.45, 2.75) is 26.2 Å². The molecule has 0 saturated heterocycles. The van der Waals surface area contributed by atoms with Crippen LogP contribution in [0.4, 0.5) is 11.4 Å². The van der Waals surface area contributed by atoms with Crippen LogP contribution in [0.5, 0.6) is 5.75 Å². The minimum absolute atomic E-state index is 0.0788. The van der Waals surface area contributed by atoms with Crippen molar-refractivity contribution >= 4 is 28.9 Å². The van der Waals surface area contributed by atoms with Gasteiger partial charge in [0.25, 0.3) is 11.6 Å². The number of nitro groups is 1. The number of benzene rings is 2. The van der Waals surface area contributed by atoms with Crippen molar-refractivity contribution in [3.05, 3.63) is 63.2 Å². The number of hydrogen-bond donors (Lipinski definition) is 1. The van der Waals surface area contributed by atoms with E-state index in [1.807, 2.05) is 12.1 Å². The molecule has 2 aromatic carbocycles. The Balaban J connectivity index is 1.96. The first kappa shape index (κ1) is 18.7. The second-order valence-corrected chi connectivity index (χ2v) is 6.07. The van der Waals surface area contributed by atoms with Crippen LogP contribution in [0.3, 0.4) is 0 Å². The second-order valence-electron chi connectivity index (χ2n) is 5.63. The fourth-order valence-corrected chi connectivity index (χ4v) is 2.39. The zero-order valence-electron chi connectivity index (χ0n) is 14.0. The van der Waals surface area contributed by atoms with E-state index in [-0.39, 0.29) is 23.0 Å². The molecule has 1 amide bonds. The van der Waals surface area contributed by atoms with E-state index >= 15 is 0 Å². The van der Waals surface area contributed by atoms with E-state index in [0.29, 0.717) is 11.7 Å². The van der Waals surface area contributed by atoms with Gasteiger partial charge in [0.15, 0.2) is 6.61 Å². The molecule has 132 valence electrons. The maximum Gasteiger partial charge on any atom is 0.294 e. The van der Waals surface area contributed by atoms with Crippen LogP contribution >= 0.6 is 11.6 Å². The second kappa shape index (κ2) is 8.48. The van der Waals surface area contributed by atoms with Gasteiger partial charge in [-0.1, -0.05) is 37.6 Å². The molecule has 0 heterocycles. The highest BCUT2D eigenvalue weighted by Gasteiger charge is 2.16. The molecule has 0 unspecified atom stereocenters. The van der Waals surface area contributed by atoms with E-state index in [1.54, 1.807) is 12.1 Å². The normalized spacial score (nSPS) is 11.6. The predicted octanol–water partition coefficient (Wildman–Crippen LogP) is 4.78. The van der Waals surface area contributed by atoms with Crippen molar-refractivity contribution in [2.75, 3.05) is 11.9 Å². The van der Waals surface area contributed by atoms with Crippen molar-refractivity contribution in [2.24, 2.45) is 0 Å². The third-order valence-electron chi connectivity index (χ3n) is 3.86. The molecule has 1 atom stereocenters. The van der Waals surface area contributed by atoms with E-state index in [0.717, 1.165) is 6.42 Å². The van der Waals surface area contributed by atoms with E-state index in [2.05, 4.69) is 19.2 Å². The number of nitrogens with zero attached hydrogens (tertiary/aromatic N) is 1. The number of rotatable bonds is 7. The summed E-state index contributed by atoms with van der Waals surface area (Å²) in [5.74, 6) is 0.534. The van der Waals surface area contributed by atoms with E-state index < -0.39 is 10.8 Å².